The highest BCUT2D eigenvalue weighted by Gasteiger charge is 1.99. The minimum Gasteiger partial charge on any atom is -0.478 e. The molecule has 0 aliphatic carbocycles. The fourth-order valence-electron chi connectivity index (χ4n) is 1.75. The number of aryl methyl sites for hydroxylation is 2. The van der Waals surface area contributed by atoms with Crippen LogP contribution in [0, 0.1) is 13.8 Å². The summed E-state index contributed by atoms with van der Waals surface area (Å²) < 4.78 is 0. The quantitative estimate of drug-likeness (QED) is 0.419. The Hall–Kier alpha value is -3.49. The van der Waals surface area contributed by atoms with Crippen molar-refractivity contribution >= 4 is 17.9 Å². The standard InChI is InChI=1S/2C8H8O2.C5H12O2.C3H4O2/c2*1-6-2-4-7(5-3-6)8(9)10;1-2-5(7)3-4-6;1-2-3(4)5/h2*2-5H,1H3,(H,9,10);5-7H,2-4H2,1H3;2H,1H2,(H,4,5). The molecule has 2 aromatic carbocycles. The number of hydrogen-bond acceptors (Lipinski definition) is 5. The molecule has 0 bridgehead atoms. The molecule has 0 saturated carbocycles. The highest BCUT2D eigenvalue weighted by Crippen LogP contribution is 2.02. The van der Waals surface area contributed by atoms with Gasteiger partial charge in [0.2, 0.25) is 0 Å². The van der Waals surface area contributed by atoms with Gasteiger partial charge in [-0.05, 0) is 51.0 Å². The summed E-state index contributed by atoms with van der Waals surface area (Å²) in [6.45, 7) is 8.79. The molecule has 8 heteroatoms. The topological polar surface area (TPSA) is 152 Å². The molecule has 0 aliphatic heterocycles. The summed E-state index contributed by atoms with van der Waals surface area (Å²) in [7, 11) is 0. The Labute approximate surface area is 188 Å². The van der Waals surface area contributed by atoms with Gasteiger partial charge in [-0.25, -0.2) is 14.4 Å². The lowest BCUT2D eigenvalue weighted by molar-refractivity contribution is -0.131. The first-order valence-corrected chi connectivity index (χ1v) is 9.72. The maximum absolute atomic E-state index is 10.3. The molecule has 1 atom stereocenters. The smallest absolute Gasteiger partial charge is 0.335 e. The van der Waals surface area contributed by atoms with Crippen LogP contribution in [0.5, 0.6) is 0 Å². The number of aliphatic hydroxyl groups is 2. The second-order valence-electron chi connectivity index (χ2n) is 6.46. The Morgan fingerprint density at radius 1 is 0.844 bits per heavy atom. The van der Waals surface area contributed by atoms with E-state index in [-0.39, 0.29) is 12.7 Å². The summed E-state index contributed by atoms with van der Waals surface area (Å²) in [6.07, 6.45) is 1.78. The van der Waals surface area contributed by atoms with Crippen molar-refractivity contribution in [1.29, 1.82) is 0 Å². The summed E-state index contributed by atoms with van der Waals surface area (Å²) in [4.78, 5) is 29.9. The van der Waals surface area contributed by atoms with Crippen molar-refractivity contribution in [1.82, 2.24) is 0 Å². The molecule has 0 aliphatic rings. The summed E-state index contributed by atoms with van der Waals surface area (Å²) in [6, 6.07) is 13.5. The van der Waals surface area contributed by atoms with Gasteiger partial charge in [-0.2, -0.15) is 0 Å². The highest BCUT2D eigenvalue weighted by atomic mass is 16.4. The molecular formula is C24H32O8. The van der Waals surface area contributed by atoms with E-state index in [2.05, 4.69) is 6.58 Å². The van der Waals surface area contributed by atoms with Crippen molar-refractivity contribution < 1.29 is 39.9 Å². The molecule has 0 amide bonds. The first kappa shape index (κ1) is 30.7. The molecular weight excluding hydrogens is 416 g/mol. The van der Waals surface area contributed by atoms with Crippen LogP contribution in [-0.4, -0.2) is 56.2 Å². The molecule has 2 aromatic rings. The number of hydrogen-bond donors (Lipinski definition) is 5. The number of carboxylic acids is 3. The van der Waals surface area contributed by atoms with Gasteiger partial charge >= 0.3 is 17.9 Å². The van der Waals surface area contributed by atoms with Gasteiger partial charge in [-0.1, -0.05) is 48.9 Å². The highest BCUT2D eigenvalue weighted by molar-refractivity contribution is 5.87. The average molecular weight is 449 g/mol. The normalized spacial score (nSPS) is 9.91. The molecule has 0 heterocycles. The second-order valence-corrected chi connectivity index (χ2v) is 6.46. The molecule has 0 fully saturated rings. The molecule has 1 unspecified atom stereocenters. The lowest BCUT2D eigenvalue weighted by Crippen LogP contribution is -2.05. The Bertz CT molecular complexity index is 755. The van der Waals surface area contributed by atoms with E-state index in [1.165, 1.54) is 0 Å². The van der Waals surface area contributed by atoms with Crippen molar-refractivity contribution in [2.45, 2.75) is 39.7 Å². The van der Waals surface area contributed by atoms with Gasteiger partial charge in [0.1, 0.15) is 0 Å². The van der Waals surface area contributed by atoms with E-state index in [0.717, 1.165) is 23.6 Å². The molecule has 176 valence electrons. The Morgan fingerprint density at radius 3 is 1.31 bits per heavy atom. The Balaban J connectivity index is 0. The molecule has 32 heavy (non-hydrogen) atoms. The fraction of sp³-hybridized carbons (Fsp3) is 0.292. The summed E-state index contributed by atoms with van der Waals surface area (Å²) in [5.41, 5.74) is 2.83. The van der Waals surface area contributed by atoms with Gasteiger partial charge in [0, 0.05) is 12.7 Å². The summed E-state index contributed by atoms with van der Waals surface area (Å²) >= 11 is 0. The minimum atomic E-state index is -0.981. The number of aromatic carboxylic acids is 2. The lowest BCUT2D eigenvalue weighted by atomic mass is 10.2. The van der Waals surface area contributed by atoms with Gasteiger partial charge in [0.25, 0.3) is 0 Å². The lowest BCUT2D eigenvalue weighted by Gasteiger charge is -2.01. The number of carbonyl (C=O) groups is 3. The van der Waals surface area contributed by atoms with Gasteiger partial charge in [0.15, 0.2) is 0 Å². The van der Waals surface area contributed by atoms with Gasteiger partial charge in [-0.15, -0.1) is 0 Å². The molecule has 5 N–H and O–H groups in total. The van der Waals surface area contributed by atoms with Crippen molar-refractivity contribution in [2.24, 2.45) is 0 Å². The van der Waals surface area contributed by atoms with Crippen LogP contribution in [0.25, 0.3) is 0 Å². The van der Waals surface area contributed by atoms with Crippen LogP contribution >= 0.6 is 0 Å². The van der Waals surface area contributed by atoms with E-state index < -0.39 is 17.9 Å². The Kier molecular flexibility index (Phi) is 17.6. The van der Waals surface area contributed by atoms with Crippen LogP contribution in [0.4, 0.5) is 0 Å². The van der Waals surface area contributed by atoms with Crippen LogP contribution in [0.1, 0.15) is 51.6 Å². The third-order valence-electron chi connectivity index (χ3n) is 3.71. The van der Waals surface area contributed by atoms with Crippen molar-refractivity contribution in [3.8, 4) is 0 Å². The number of aliphatic carboxylic acids is 1. The van der Waals surface area contributed by atoms with Crippen molar-refractivity contribution in [2.75, 3.05) is 6.61 Å². The van der Waals surface area contributed by atoms with Gasteiger partial charge in [-0.3, -0.25) is 0 Å². The maximum atomic E-state index is 10.3. The number of aliphatic hydroxyl groups excluding tert-OH is 2. The number of rotatable bonds is 6. The minimum absolute atomic E-state index is 0.0923. The van der Waals surface area contributed by atoms with E-state index in [4.69, 9.17) is 25.5 Å². The van der Waals surface area contributed by atoms with Crippen molar-refractivity contribution in [3.63, 3.8) is 0 Å². The van der Waals surface area contributed by atoms with Crippen LogP contribution in [-0.2, 0) is 4.79 Å². The van der Waals surface area contributed by atoms with Crippen molar-refractivity contribution in [3.05, 3.63) is 83.4 Å². The Morgan fingerprint density at radius 2 is 1.16 bits per heavy atom. The van der Waals surface area contributed by atoms with E-state index in [1.54, 1.807) is 48.5 Å². The summed E-state index contributed by atoms with van der Waals surface area (Å²) in [5, 5.41) is 41.5. The first-order valence-electron chi connectivity index (χ1n) is 9.72. The molecule has 0 radical (unpaired) electrons. The molecule has 0 spiro atoms. The molecule has 8 nitrogen and oxygen atoms in total. The summed E-state index contributed by atoms with van der Waals surface area (Å²) in [5.74, 6) is -2.73. The zero-order valence-corrected chi connectivity index (χ0v) is 18.6. The predicted octanol–water partition coefficient (Wildman–Crippen LogP) is 3.78. The van der Waals surface area contributed by atoms with Crippen LogP contribution in [0.2, 0.25) is 0 Å². The maximum Gasteiger partial charge on any atom is 0.335 e. The largest absolute Gasteiger partial charge is 0.478 e. The van der Waals surface area contributed by atoms with E-state index in [0.29, 0.717) is 17.5 Å². The monoisotopic (exact) mass is 448 g/mol. The fourth-order valence-corrected chi connectivity index (χ4v) is 1.75. The molecule has 0 aromatic heterocycles. The number of benzene rings is 2. The molecule has 2 rings (SSSR count). The number of carboxylic acid groups (broad SMARTS) is 3. The van der Waals surface area contributed by atoms with E-state index in [1.807, 2.05) is 20.8 Å². The zero-order valence-electron chi connectivity index (χ0n) is 18.6. The average Bonchev–Trinajstić information content (AvgIpc) is 2.75. The second kappa shape index (κ2) is 18.3. The predicted molar refractivity (Wildman–Crippen MR) is 122 cm³/mol. The first-order chi connectivity index (χ1) is 15.0. The SMILES string of the molecule is C=CC(=O)O.CCC(O)CCO.Cc1ccc(C(=O)O)cc1.Cc1ccc(C(=O)O)cc1. The van der Waals surface area contributed by atoms with Crippen LogP contribution < -0.4 is 0 Å². The third kappa shape index (κ3) is 17.4. The van der Waals surface area contributed by atoms with Crippen LogP contribution in [0.3, 0.4) is 0 Å². The van der Waals surface area contributed by atoms with E-state index in [9.17, 15) is 14.4 Å². The van der Waals surface area contributed by atoms with Crippen LogP contribution in [0.15, 0.2) is 61.2 Å². The van der Waals surface area contributed by atoms with Gasteiger partial charge in [0.05, 0.1) is 17.2 Å². The molecule has 0 saturated heterocycles. The van der Waals surface area contributed by atoms with E-state index >= 15 is 0 Å². The third-order valence-corrected chi connectivity index (χ3v) is 3.71. The van der Waals surface area contributed by atoms with Gasteiger partial charge < -0.3 is 25.5 Å². The zero-order chi connectivity index (χ0) is 25.1.